The van der Waals surface area contributed by atoms with Gasteiger partial charge in [0.25, 0.3) is 15.7 Å². The van der Waals surface area contributed by atoms with E-state index in [0.29, 0.717) is 6.54 Å². The average Bonchev–Trinajstić information content (AvgIpc) is 2.44. The second-order valence-electron chi connectivity index (χ2n) is 4.56. The molecule has 0 aromatic heterocycles. The van der Waals surface area contributed by atoms with E-state index < -0.39 is 26.5 Å². The molecule has 0 unspecified atom stereocenters. The van der Waals surface area contributed by atoms with Crippen molar-refractivity contribution in [2.75, 3.05) is 19.6 Å². The van der Waals surface area contributed by atoms with Gasteiger partial charge >= 0.3 is 0 Å². The second kappa shape index (κ2) is 7.32. The Kier molecular flexibility index (Phi) is 6.01. The number of likely N-dealkylation sites (N-methyl/N-ethyl adjacent to an activating group) is 2. The molecule has 0 fully saturated rings. The molecule has 1 amide bonds. The molecule has 0 atom stereocenters. The number of carbonyl (C=O) groups excluding carboxylic acids is 1. The Hall–Kier alpha value is -2.00. The zero-order valence-electron chi connectivity index (χ0n) is 12.7. The third-order valence-corrected chi connectivity index (χ3v) is 5.15. The summed E-state index contributed by atoms with van der Waals surface area (Å²) >= 11 is 0. The lowest BCUT2D eigenvalue weighted by Crippen LogP contribution is -2.40. The summed E-state index contributed by atoms with van der Waals surface area (Å²) in [7, 11) is -4.14. The number of nitrogens with one attached hydrogen (secondary N) is 1. The van der Waals surface area contributed by atoms with E-state index in [4.69, 9.17) is 0 Å². The van der Waals surface area contributed by atoms with Crippen LogP contribution < -0.4 is 5.32 Å². The molecule has 0 saturated carbocycles. The van der Waals surface area contributed by atoms with E-state index in [2.05, 4.69) is 5.32 Å². The third kappa shape index (κ3) is 3.80. The van der Waals surface area contributed by atoms with E-state index >= 15 is 0 Å². The molecule has 0 heterocycles. The van der Waals surface area contributed by atoms with Gasteiger partial charge in [0.15, 0.2) is 4.90 Å². The van der Waals surface area contributed by atoms with Crippen molar-refractivity contribution in [3.8, 4) is 0 Å². The lowest BCUT2D eigenvalue weighted by molar-refractivity contribution is -0.387. The Balaban J connectivity index is 3.33. The summed E-state index contributed by atoms with van der Waals surface area (Å²) < 4.78 is 26.3. The van der Waals surface area contributed by atoms with E-state index in [0.717, 1.165) is 10.4 Å². The van der Waals surface area contributed by atoms with Gasteiger partial charge in [-0.2, -0.15) is 4.31 Å². The predicted molar refractivity (Wildman–Crippen MR) is 80.9 cm³/mol. The molecule has 1 N–H and O–H groups in total. The molecule has 8 nitrogen and oxygen atoms in total. The van der Waals surface area contributed by atoms with Crippen LogP contribution in [0, 0.1) is 17.0 Å². The van der Waals surface area contributed by atoms with Crippen molar-refractivity contribution in [3.05, 3.63) is 33.9 Å². The summed E-state index contributed by atoms with van der Waals surface area (Å²) in [5.41, 5.74) is -0.224. The number of nitro benzene ring substituents is 1. The Labute approximate surface area is 129 Å². The van der Waals surface area contributed by atoms with Gasteiger partial charge in [-0.25, -0.2) is 8.42 Å². The highest BCUT2D eigenvalue weighted by Crippen LogP contribution is 2.29. The van der Waals surface area contributed by atoms with Crippen LogP contribution in [0.4, 0.5) is 5.69 Å². The number of aryl methyl sites for hydroxylation is 1. The minimum atomic E-state index is -4.14. The lowest BCUT2D eigenvalue weighted by Gasteiger charge is -2.20. The Bertz CT molecular complexity index is 672. The SMILES string of the molecule is CCNC(=O)CN(CC)S(=O)(=O)c1c(C)cccc1[N+](=O)[O-]. The topological polar surface area (TPSA) is 110 Å². The molecule has 0 bridgehead atoms. The molecule has 1 aromatic carbocycles. The monoisotopic (exact) mass is 329 g/mol. The van der Waals surface area contributed by atoms with E-state index in [9.17, 15) is 23.3 Å². The van der Waals surface area contributed by atoms with Gasteiger partial charge in [-0.05, 0) is 19.4 Å². The van der Waals surface area contributed by atoms with Gasteiger partial charge in [0.05, 0.1) is 11.5 Å². The van der Waals surface area contributed by atoms with Gasteiger partial charge < -0.3 is 5.32 Å². The maximum atomic E-state index is 12.7. The molecule has 0 aliphatic carbocycles. The van der Waals surface area contributed by atoms with Crippen LogP contribution in [0.1, 0.15) is 19.4 Å². The fourth-order valence-corrected chi connectivity index (χ4v) is 3.79. The molecular formula is C13H19N3O5S. The zero-order valence-corrected chi connectivity index (χ0v) is 13.5. The standard InChI is InChI=1S/C13H19N3O5S/c1-4-14-12(17)9-15(5-2)22(20,21)13-10(3)7-6-8-11(13)16(18)19/h6-8H,4-5,9H2,1-3H3,(H,14,17). The van der Waals surface area contributed by atoms with Crippen LogP contribution in [0.3, 0.4) is 0 Å². The number of carbonyl (C=O) groups is 1. The van der Waals surface area contributed by atoms with Gasteiger partial charge in [0.1, 0.15) is 0 Å². The van der Waals surface area contributed by atoms with Crippen LogP contribution in [0.2, 0.25) is 0 Å². The highest BCUT2D eigenvalue weighted by molar-refractivity contribution is 7.89. The van der Waals surface area contributed by atoms with Gasteiger partial charge in [-0.15, -0.1) is 0 Å². The largest absolute Gasteiger partial charge is 0.355 e. The fraction of sp³-hybridized carbons (Fsp3) is 0.462. The quantitative estimate of drug-likeness (QED) is 0.594. The average molecular weight is 329 g/mol. The number of hydrogen-bond donors (Lipinski definition) is 1. The van der Waals surface area contributed by atoms with Crippen LogP contribution in [0.15, 0.2) is 23.1 Å². The van der Waals surface area contributed by atoms with Crippen LogP contribution in [0.25, 0.3) is 0 Å². The molecule has 1 rings (SSSR count). The van der Waals surface area contributed by atoms with Crippen LogP contribution >= 0.6 is 0 Å². The van der Waals surface area contributed by atoms with E-state index in [1.54, 1.807) is 13.8 Å². The normalized spacial score (nSPS) is 11.5. The molecule has 122 valence electrons. The van der Waals surface area contributed by atoms with Crippen molar-refractivity contribution >= 4 is 21.6 Å². The molecule has 22 heavy (non-hydrogen) atoms. The first-order valence-electron chi connectivity index (χ1n) is 6.76. The number of hydrogen-bond acceptors (Lipinski definition) is 5. The van der Waals surface area contributed by atoms with Crippen LogP contribution in [0.5, 0.6) is 0 Å². The van der Waals surface area contributed by atoms with Crippen LogP contribution in [-0.2, 0) is 14.8 Å². The number of benzene rings is 1. The summed E-state index contributed by atoms with van der Waals surface area (Å²) in [5.74, 6) is -0.454. The number of amides is 1. The molecular weight excluding hydrogens is 310 g/mol. The number of nitro groups is 1. The Morgan fingerprint density at radius 3 is 2.50 bits per heavy atom. The maximum Gasteiger partial charge on any atom is 0.289 e. The summed E-state index contributed by atoms with van der Waals surface area (Å²) in [5, 5.41) is 13.6. The maximum absolute atomic E-state index is 12.7. The first-order valence-corrected chi connectivity index (χ1v) is 8.20. The zero-order chi connectivity index (χ0) is 16.9. The number of nitrogens with zero attached hydrogens (tertiary/aromatic N) is 2. The minimum absolute atomic E-state index is 0.0327. The summed E-state index contributed by atoms with van der Waals surface area (Å²) in [6.07, 6.45) is 0. The van der Waals surface area contributed by atoms with Crippen molar-refractivity contribution in [1.29, 1.82) is 0 Å². The summed E-state index contributed by atoms with van der Waals surface area (Å²) in [6.45, 7) is 4.81. The molecule has 9 heteroatoms. The molecule has 0 aliphatic heterocycles. The van der Waals surface area contributed by atoms with Crippen molar-refractivity contribution in [3.63, 3.8) is 0 Å². The van der Waals surface area contributed by atoms with E-state index in [1.165, 1.54) is 19.1 Å². The minimum Gasteiger partial charge on any atom is -0.355 e. The third-order valence-electron chi connectivity index (χ3n) is 3.03. The molecule has 1 aromatic rings. The van der Waals surface area contributed by atoms with E-state index in [1.807, 2.05) is 0 Å². The van der Waals surface area contributed by atoms with Gasteiger partial charge in [-0.3, -0.25) is 14.9 Å². The first kappa shape index (κ1) is 18.1. The smallest absolute Gasteiger partial charge is 0.289 e. The van der Waals surface area contributed by atoms with Gasteiger partial charge in [-0.1, -0.05) is 19.1 Å². The van der Waals surface area contributed by atoms with Crippen LogP contribution in [-0.4, -0.2) is 43.2 Å². The molecule has 0 radical (unpaired) electrons. The predicted octanol–water partition coefficient (Wildman–Crippen LogP) is 1.05. The Morgan fingerprint density at radius 1 is 1.36 bits per heavy atom. The Morgan fingerprint density at radius 2 is 2.00 bits per heavy atom. The highest BCUT2D eigenvalue weighted by atomic mass is 32.2. The van der Waals surface area contributed by atoms with Gasteiger partial charge in [0, 0.05) is 19.2 Å². The molecule has 0 spiro atoms. The summed E-state index contributed by atoms with van der Waals surface area (Å²) in [4.78, 5) is 21.6. The van der Waals surface area contributed by atoms with Gasteiger partial charge in [0.2, 0.25) is 5.91 Å². The second-order valence-corrected chi connectivity index (χ2v) is 6.44. The van der Waals surface area contributed by atoms with Crippen molar-refractivity contribution in [2.24, 2.45) is 0 Å². The number of rotatable bonds is 7. The highest BCUT2D eigenvalue weighted by Gasteiger charge is 2.33. The van der Waals surface area contributed by atoms with E-state index in [-0.39, 0.29) is 23.5 Å². The molecule has 0 aliphatic rings. The lowest BCUT2D eigenvalue weighted by atomic mass is 10.2. The van der Waals surface area contributed by atoms with Crippen molar-refractivity contribution < 1.29 is 18.1 Å². The van der Waals surface area contributed by atoms with Crippen molar-refractivity contribution in [1.82, 2.24) is 9.62 Å². The van der Waals surface area contributed by atoms with Crippen molar-refractivity contribution in [2.45, 2.75) is 25.7 Å². The summed E-state index contributed by atoms with van der Waals surface area (Å²) in [6, 6.07) is 4.05. The first-order chi connectivity index (χ1) is 10.3. The fourth-order valence-electron chi connectivity index (χ4n) is 2.03. The molecule has 0 saturated heterocycles. The number of sulfonamides is 1.